The number of carboxylic acids is 1. The number of ether oxygens (including phenoxy) is 1. The lowest BCUT2D eigenvalue weighted by Gasteiger charge is -2.36. The van der Waals surface area contributed by atoms with E-state index in [1.54, 1.807) is 31.0 Å². The number of benzene rings is 4. The summed E-state index contributed by atoms with van der Waals surface area (Å²) >= 11 is 1.55. The van der Waals surface area contributed by atoms with E-state index in [-0.39, 0.29) is 0 Å². The van der Waals surface area contributed by atoms with Gasteiger partial charge in [-0.3, -0.25) is 0 Å². The van der Waals surface area contributed by atoms with E-state index in [1.807, 2.05) is 42.5 Å². The Kier molecular flexibility index (Phi) is 6.33. The van der Waals surface area contributed by atoms with Gasteiger partial charge in [-0.05, 0) is 47.9 Å². The van der Waals surface area contributed by atoms with E-state index in [2.05, 4.69) is 55.5 Å². The van der Waals surface area contributed by atoms with Crippen molar-refractivity contribution in [2.75, 3.05) is 7.11 Å². The van der Waals surface area contributed by atoms with Crippen LogP contribution in [0.4, 0.5) is 0 Å². The maximum Gasteiger partial charge on any atom is 0.336 e. The van der Waals surface area contributed by atoms with E-state index in [1.165, 1.54) is 5.56 Å². The van der Waals surface area contributed by atoms with Crippen molar-refractivity contribution in [3.8, 4) is 5.75 Å². The number of hydrogen-bond acceptors (Lipinski definition) is 3. The molecule has 0 fully saturated rings. The molecule has 1 atom stereocenters. The third-order valence-electron chi connectivity index (χ3n) is 5.52. The van der Waals surface area contributed by atoms with Gasteiger partial charge < -0.3 is 9.84 Å². The highest BCUT2D eigenvalue weighted by molar-refractivity contribution is 8.00. The molecule has 4 heteroatoms. The summed E-state index contributed by atoms with van der Waals surface area (Å²) < 4.78 is 4.73. The molecule has 32 heavy (non-hydrogen) atoms. The molecule has 0 bridgehead atoms. The molecule has 0 radical (unpaired) electrons. The summed E-state index contributed by atoms with van der Waals surface area (Å²) in [5.41, 5.74) is 4.64. The van der Waals surface area contributed by atoms with Gasteiger partial charge in [-0.15, -0.1) is 11.8 Å². The molecule has 0 spiro atoms. The highest BCUT2D eigenvalue weighted by atomic mass is 32.2. The minimum absolute atomic E-state index is 0.290. The van der Waals surface area contributed by atoms with Crippen LogP contribution in [0.5, 0.6) is 5.75 Å². The van der Waals surface area contributed by atoms with Crippen LogP contribution in [0.1, 0.15) is 32.6 Å². The van der Waals surface area contributed by atoms with Gasteiger partial charge in [-0.25, -0.2) is 4.79 Å². The molecule has 0 saturated heterocycles. The van der Waals surface area contributed by atoms with Gasteiger partial charge in [0.2, 0.25) is 0 Å². The Morgan fingerprint density at radius 2 is 1.28 bits per heavy atom. The normalized spacial score (nSPS) is 12.7. The van der Waals surface area contributed by atoms with E-state index in [9.17, 15) is 9.90 Å². The van der Waals surface area contributed by atoms with Crippen molar-refractivity contribution in [1.29, 1.82) is 0 Å². The Morgan fingerprint density at radius 1 is 0.750 bits per heavy atom. The Hall–Kier alpha value is -3.50. The smallest absolute Gasteiger partial charge is 0.336 e. The van der Waals surface area contributed by atoms with E-state index in [4.69, 9.17) is 4.74 Å². The molecule has 4 rings (SSSR count). The van der Waals surface area contributed by atoms with Crippen LogP contribution in [0.25, 0.3) is 0 Å². The van der Waals surface area contributed by atoms with Gasteiger partial charge in [0.05, 0.1) is 17.4 Å². The topological polar surface area (TPSA) is 46.5 Å². The molecule has 0 aliphatic heterocycles. The minimum atomic E-state index is -0.936. The van der Waals surface area contributed by atoms with Gasteiger partial charge in [0.25, 0.3) is 0 Å². The van der Waals surface area contributed by atoms with Gasteiger partial charge >= 0.3 is 5.97 Å². The van der Waals surface area contributed by atoms with Crippen LogP contribution in [0, 0.1) is 6.92 Å². The summed E-state index contributed by atoms with van der Waals surface area (Å²) in [6.07, 6.45) is 0. The van der Waals surface area contributed by atoms with Crippen LogP contribution >= 0.6 is 11.8 Å². The van der Waals surface area contributed by atoms with Gasteiger partial charge in [-0.2, -0.15) is 0 Å². The molecular formula is C28H24O3S. The Morgan fingerprint density at radius 3 is 1.88 bits per heavy atom. The lowest BCUT2D eigenvalue weighted by Crippen LogP contribution is -2.26. The first-order valence-electron chi connectivity index (χ1n) is 10.3. The molecular weight excluding hydrogens is 416 g/mol. The van der Waals surface area contributed by atoms with E-state index in [0.29, 0.717) is 10.5 Å². The monoisotopic (exact) mass is 440 g/mol. The molecule has 0 aliphatic rings. The summed E-state index contributed by atoms with van der Waals surface area (Å²) in [7, 11) is 1.65. The molecule has 0 heterocycles. The maximum absolute atomic E-state index is 12.0. The number of carbonyl (C=O) groups is 1. The van der Waals surface area contributed by atoms with E-state index in [0.717, 1.165) is 22.4 Å². The number of aromatic carboxylic acids is 1. The highest BCUT2D eigenvalue weighted by Crippen LogP contribution is 2.52. The second-order valence-electron chi connectivity index (χ2n) is 7.55. The predicted molar refractivity (Wildman–Crippen MR) is 130 cm³/mol. The van der Waals surface area contributed by atoms with Crippen LogP contribution in [0.2, 0.25) is 0 Å². The van der Waals surface area contributed by atoms with Gasteiger partial charge in [0, 0.05) is 4.90 Å². The van der Waals surface area contributed by atoms with E-state index < -0.39 is 10.7 Å². The molecule has 4 aromatic rings. The zero-order valence-corrected chi connectivity index (χ0v) is 18.8. The molecule has 0 aliphatic carbocycles. The maximum atomic E-state index is 12.0. The van der Waals surface area contributed by atoms with Crippen molar-refractivity contribution < 1.29 is 14.6 Å². The fourth-order valence-electron chi connectivity index (χ4n) is 3.86. The first-order valence-corrected chi connectivity index (χ1v) is 11.1. The van der Waals surface area contributed by atoms with Crippen LogP contribution in [0.3, 0.4) is 0 Å². The van der Waals surface area contributed by atoms with Crippen LogP contribution in [-0.4, -0.2) is 18.2 Å². The summed E-state index contributed by atoms with van der Waals surface area (Å²) in [4.78, 5) is 12.7. The average Bonchev–Trinajstić information content (AvgIpc) is 2.84. The molecule has 3 nitrogen and oxygen atoms in total. The van der Waals surface area contributed by atoms with Crippen molar-refractivity contribution in [2.45, 2.75) is 16.6 Å². The SMILES string of the molecule is COc1ccc(C(Sc2ccccc2C(=O)O)(c2ccccc2)c2ccc(C)cc2)cc1. The lowest BCUT2D eigenvalue weighted by atomic mass is 9.83. The number of methoxy groups -OCH3 is 1. The van der Waals surface area contributed by atoms with E-state index >= 15 is 0 Å². The average molecular weight is 441 g/mol. The predicted octanol–water partition coefficient (Wildman–Crippen LogP) is 6.79. The van der Waals surface area contributed by atoms with Crippen molar-refractivity contribution in [3.05, 3.63) is 131 Å². The van der Waals surface area contributed by atoms with Crippen molar-refractivity contribution in [1.82, 2.24) is 0 Å². The first-order chi connectivity index (χ1) is 15.5. The molecule has 4 aromatic carbocycles. The minimum Gasteiger partial charge on any atom is -0.497 e. The van der Waals surface area contributed by atoms with Gasteiger partial charge in [0.1, 0.15) is 5.75 Å². The standard InChI is InChI=1S/C28H24O3S/c1-20-12-14-22(15-13-20)28(21-8-4-3-5-9-21,23-16-18-24(31-2)19-17-23)32-26-11-7-6-10-25(26)27(29)30/h3-19H,1-2H3,(H,29,30). The molecule has 160 valence electrons. The third-order valence-corrected chi connectivity index (χ3v) is 7.10. The van der Waals surface area contributed by atoms with Crippen LogP contribution in [0.15, 0.2) is 108 Å². The Bertz CT molecular complexity index is 1200. The second kappa shape index (κ2) is 9.33. The molecule has 0 saturated carbocycles. The summed E-state index contributed by atoms with van der Waals surface area (Å²) in [6, 6.07) is 33.9. The zero-order chi connectivity index (χ0) is 22.6. The molecule has 1 N–H and O–H groups in total. The van der Waals surface area contributed by atoms with Crippen molar-refractivity contribution in [2.24, 2.45) is 0 Å². The van der Waals surface area contributed by atoms with Gasteiger partial charge in [-0.1, -0.05) is 84.4 Å². The summed E-state index contributed by atoms with van der Waals surface area (Å²) in [5.74, 6) is -0.163. The molecule has 1 unspecified atom stereocenters. The quantitative estimate of drug-likeness (QED) is 0.254. The third kappa shape index (κ3) is 4.14. The summed E-state index contributed by atoms with van der Waals surface area (Å²) in [5, 5.41) is 9.85. The number of carboxylic acid groups (broad SMARTS) is 1. The van der Waals surface area contributed by atoms with Gasteiger partial charge in [0.15, 0.2) is 0 Å². The number of hydrogen-bond donors (Lipinski definition) is 1. The fourth-order valence-corrected chi connectivity index (χ4v) is 5.36. The number of rotatable bonds is 7. The lowest BCUT2D eigenvalue weighted by molar-refractivity contribution is 0.0693. The number of thioether (sulfide) groups is 1. The molecule has 0 aromatic heterocycles. The van der Waals surface area contributed by atoms with Crippen LogP contribution in [-0.2, 0) is 4.75 Å². The fraction of sp³-hybridized carbons (Fsp3) is 0.107. The molecule has 0 amide bonds. The first kappa shape index (κ1) is 21.7. The summed E-state index contributed by atoms with van der Waals surface area (Å²) in [6.45, 7) is 2.06. The zero-order valence-electron chi connectivity index (χ0n) is 18.0. The second-order valence-corrected chi connectivity index (χ2v) is 8.80. The van der Waals surface area contributed by atoms with Crippen molar-refractivity contribution in [3.63, 3.8) is 0 Å². The Labute approximate surface area is 192 Å². The Balaban J connectivity index is 2.03. The largest absolute Gasteiger partial charge is 0.497 e. The highest BCUT2D eigenvalue weighted by Gasteiger charge is 2.38. The van der Waals surface area contributed by atoms with Crippen LogP contribution < -0.4 is 4.74 Å². The van der Waals surface area contributed by atoms with Crippen molar-refractivity contribution >= 4 is 17.7 Å². The number of aryl methyl sites for hydroxylation is 1.